The van der Waals surface area contributed by atoms with Gasteiger partial charge in [-0.2, -0.15) is 0 Å². The Hall–Kier alpha value is -2.09. The maximum Gasteiger partial charge on any atom is 0.245 e. The van der Waals surface area contributed by atoms with Gasteiger partial charge in [0.15, 0.2) is 11.0 Å². The fourth-order valence-electron chi connectivity index (χ4n) is 3.86. The van der Waals surface area contributed by atoms with E-state index in [1.54, 1.807) is 0 Å². The second kappa shape index (κ2) is 7.03. The number of aromatic nitrogens is 2. The van der Waals surface area contributed by atoms with Crippen LogP contribution in [-0.4, -0.2) is 4.57 Å². The number of imidazole rings is 1. The summed E-state index contributed by atoms with van der Waals surface area (Å²) in [6, 6.07) is 8.78. The zero-order chi connectivity index (χ0) is 18.1. The Morgan fingerprint density at radius 1 is 0.840 bits per heavy atom. The van der Waals surface area contributed by atoms with Gasteiger partial charge in [-0.3, -0.25) is 0 Å². The molecule has 0 bridgehead atoms. The second-order valence-electron chi connectivity index (χ2n) is 7.38. The Morgan fingerprint density at radius 2 is 1.44 bits per heavy atom. The molecule has 0 saturated carbocycles. The number of fused-ring (bicyclic) bond motifs is 1. The third kappa shape index (κ3) is 3.10. The number of hydrogen-bond acceptors (Lipinski definition) is 0. The van der Waals surface area contributed by atoms with Gasteiger partial charge in [0, 0.05) is 0 Å². The normalized spacial score (nSPS) is 11.4. The monoisotopic (exact) mass is 335 g/mol. The van der Waals surface area contributed by atoms with Crippen LogP contribution >= 0.6 is 0 Å². The van der Waals surface area contributed by atoms with Gasteiger partial charge in [-0.15, -0.1) is 0 Å². The molecular formula is C23H31N2+. The highest BCUT2D eigenvalue weighted by Crippen LogP contribution is 2.26. The largest absolute Gasteiger partial charge is 0.245 e. The van der Waals surface area contributed by atoms with Gasteiger partial charge in [0.25, 0.3) is 0 Å². The standard InChI is InChI=1S/C23H31N2/c1-7-8-13-24-15-25(23-12-10-9-11-22(23)24)14-21-19(5)17(3)16(2)18(4)20(21)6/h9-12,15H,7-8,13-14H2,1-6H3/q+1. The SMILES string of the molecule is CCCCn1c[n+](Cc2c(C)c(C)c(C)c(C)c2C)c2ccccc21. The van der Waals surface area contributed by atoms with Gasteiger partial charge in [-0.25, -0.2) is 9.13 Å². The summed E-state index contributed by atoms with van der Waals surface area (Å²) in [4.78, 5) is 0. The Morgan fingerprint density at radius 3 is 2.08 bits per heavy atom. The lowest BCUT2D eigenvalue weighted by Crippen LogP contribution is -2.34. The minimum atomic E-state index is 0.944. The van der Waals surface area contributed by atoms with E-state index in [9.17, 15) is 0 Å². The van der Waals surface area contributed by atoms with Crippen LogP contribution in [0.4, 0.5) is 0 Å². The highest BCUT2D eigenvalue weighted by molar-refractivity contribution is 5.71. The Labute approximate surface area is 152 Å². The van der Waals surface area contributed by atoms with Crippen molar-refractivity contribution in [1.29, 1.82) is 0 Å². The molecule has 25 heavy (non-hydrogen) atoms. The van der Waals surface area contributed by atoms with Gasteiger partial charge in [0.05, 0.1) is 6.54 Å². The van der Waals surface area contributed by atoms with Gasteiger partial charge in [-0.1, -0.05) is 25.5 Å². The molecule has 0 aliphatic rings. The number of aryl methyl sites for hydroxylation is 1. The highest BCUT2D eigenvalue weighted by atomic mass is 15.1. The van der Waals surface area contributed by atoms with Crippen LogP contribution in [0.25, 0.3) is 11.0 Å². The van der Waals surface area contributed by atoms with Crippen molar-refractivity contribution in [2.24, 2.45) is 0 Å². The molecule has 0 spiro atoms. The summed E-state index contributed by atoms with van der Waals surface area (Å²) in [5.41, 5.74) is 11.3. The molecule has 0 aliphatic carbocycles. The van der Waals surface area contributed by atoms with E-state index in [1.807, 2.05) is 0 Å². The predicted molar refractivity (Wildman–Crippen MR) is 106 cm³/mol. The van der Waals surface area contributed by atoms with Gasteiger partial charge in [0.1, 0.15) is 6.54 Å². The molecule has 132 valence electrons. The Kier molecular flexibility index (Phi) is 4.99. The first-order chi connectivity index (χ1) is 12.0. The van der Waals surface area contributed by atoms with Crippen LogP contribution in [0.5, 0.6) is 0 Å². The van der Waals surface area contributed by atoms with Gasteiger partial charge < -0.3 is 0 Å². The second-order valence-corrected chi connectivity index (χ2v) is 7.38. The van der Waals surface area contributed by atoms with E-state index in [0.29, 0.717) is 0 Å². The molecule has 2 heteroatoms. The lowest BCUT2D eigenvalue weighted by molar-refractivity contribution is -0.663. The van der Waals surface area contributed by atoms with E-state index in [0.717, 1.165) is 13.1 Å². The molecule has 1 aromatic heterocycles. The summed E-state index contributed by atoms with van der Waals surface area (Å²) >= 11 is 0. The summed E-state index contributed by atoms with van der Waals surface area (Å²) in [7, 11) is 0. The van der Waals surface area contributed by atoms with Crippen LogP contribution < -0.4 is 4.57 Å². The molecule has 0 fully saturated rings. The molecular weight excluding hydrogens is 304 g/mol. The number of para-hydroxylation sites is 2. The minimum absolute atomic E-state index is 0.944. The van der Waals surface area contributed by atoms with Crippen molar-refractivity contribution in [2.75, 3.05) is 0 Å². The van der Waals surface area contributed by atoms with Crippen LogP contribution in [0, 0.1) is 34.6 Å². The zero-order valence-electron chi connectivity index (χ0n) is 16.6. The molecule has 0 radical (unpaired) electrons. The molecule has 0 saturated heterocycles. The van der Waals surface area contributed by atoms with E-state index < -0.39 is 0 Å². The third-order valence-corrected chi connectivity index (χ3v) is 6.02. The van der Waals surface area contributed by atoms with Crippen molar-refractivity contribution in [3.63, 3.8) is 0 Å². The quantitative estimate of drug-likeness (QED) is 0.558. The van der Waals surface area contributed by atoms with Crippen LogP contribution in [0.2, 0.25) is 0 Å². The smallest absolute Gasteiger partial charge is 0.230 e. The first kappa shape index (κ1) is 17.7. The molecule has 0 aliphatic heterocycles. The van der Waals surface area contributed by atoms with E-state index in [1.165, 1.54) is 57.3 Å². The van der Waals surface area contributed by atoms with Crippen LogP contribution in [-0.2, 0) is 13.1 Å². The average Bonchev–Trinajstić information content (AvgIpc) is 2.98. The van der Waals surface area contributed by atoms with E-state index in [2.05, 4.69) is 81.3 Å². The molecule has 0 amide bonds. The number of rotatable bonds is 5. The zero-order valence-corrected chi connectivity index (χ0v) is 16.6. The first-order valence-electron chi connectivity index (χ1n) is 9.48. The van der Waals surface area contributed by atoms with Crippen LogP contribution in [0.3, 0.4) is 0 Å². The number of hydrogen-bond donors (Lipinski definition) is 0. The summed E-state index contributed by atoms with van der Waals surface area (Å²) in [5.74, 6) is 0. The van der Waals surface area contributed by atoms with Crippen molar-refractivity contribution in [1.82, 2.24) is 4.57 Å². The number of nitrogens with zero attached hydrogens (tertiary/aromatic N) is 2. The van der Waals surface area contributed by atoms with Gasteiger partial charge in [-0.05, 0) is 86.6 Å². The fourth-order valence-corrected chi connectivity index (χ4v) is 3.86. The maximum atomic E-state index is 2.43. The summed E-state index contributed by atoms with van der Waals surface area (Å²) in [6.07, 6.45) is 4.75. The van der Waals surface area contributed by atoms with Crippen molar-refractivity contribution < 1.29 is 4.57 Å². The molecule has 3 rings (SSSR count). The van der Waals surface area contributed by atoms with E-state index in [-0.39, 0.29) is 0 Å². The minimum Gasteiger partial charge on any atom is -0.230 e. The molecule has 0 N–H and O–H groups in total. The summed E-state index contributed by atoms with van der Waals surface area (Å²) in [6.45, 7) is 15.6. The number of benzene rings is 2. The van der Waals surface area contributed by atoms with Crippen molar-refractivity contribution >= 4 is 11.0 Å². The van der Waals surface area contributed by atoms with E-state index in [4.69, 9.17) is 0 Å². The topological polar surface area (TPSA) is 8.81 Å². The van der Waals surface area contributed by atoms with Crippen molar-refractivity contribution in [3.8, 4) is 0 Å². The van der Waals surface area contributed by atoms with Crippen molar-refractivity contribution in [3.05, 3.63) is 64.0 Å². The molecule has 2 aromatic carbocycles. The number of unbranched alkanes of at least 4 members (excludes halogenated alkanes) is 1. The van der Waals surface area contributed by atoms with E-state index >= 15 is 0 Å². The van der Waals surface area contributed by atoms with Gasteiger partial charge >= 0.3 is 0 Å². The molecule has 1 heterocycles. The maximum absolute atomic E-state index is 2.43. The molecule has 3 aromatic rings. The molecule has 2 nitrogen and oxygen atoms in total. The average molecular weight is 336 g/mol. The molecule has 0 atom stereocenters. The highest BCUT2D eigenvalue weighted by Gasteiger charge is 2.19. The molecule has 0 unspecified atom stereocenters. The van der Waals surface area contributed by atoms with Crippen LogP contribution in [0.1, 0.15) is 53.1 Å². The van der Waals surface area contributed by atoms with Crippen LogP contribution in [0.15, 0.2) is 30.6 Å². The summed E-state index contributed by atoms with van der Waals surface area (Å²) in [5, 5.41) is 0. The summed E-state index contributed by atoms with van der Waals surface area (Å²) < 4.78 is 4.84. The lowest BCUT2D eigenvalue weighted by atomic mass is 9.89. The van der Waals surface area contributed by atoms with Crippen molar-refractivity contribution in [2.45, 2.75) is 67.5 Å². The Balaban J connectivity index is 2.10. The van der Waals surface area contributed by atoms with Gasteiger partial charge in [0.2, 0.25) is 6.33 Å². The first-order valence-corrected chi connectivity index (χ1v) is 9.48. The predicted octanol–water partition coefficient (Wildman–Crippen LogP) is 5.32. The fraction of sp³-hybridized carbons (Fsp3) is 0.435. The third-order valence-electron chi connectivity index (χ3n) is 6.02. The Bertz CT molecular complexity index is 886. The lowest BCUT2D eigenvalue weighted by Gasteiger charge is -2.17.